The molecule has 3 nitrogen and oxygen atoms in total. The molecule has 1 N–H and O–H groups in total. The third kappa shape index (κ3) is 5.73. The fourth-order valence-electron chi connectivity index (χ4n) is 4.36. The maximum absolute atomic E-state index is 13.0. The molecule has 1 aliphatic carbocycles. The van der Waals surface area contributed by atoms with Gasteiger partial charge in [0, 0.05) is 13.1 Å². The lowest BCUT2D eigenvalue weighted by atomic mass is 9.81. The van der Waals surface area contributed by atoms with Gasteiger partial charge in [0.1, 0.15) is 5.75 Å². The van der Waals surface area contributed by atoms with Crippen molar-refractivity contribution in [1.82, 2.24) is 4.90 Å². The molecule has 0 unspecified atom stereocenters. The predicted octanol–water partition coefficient (Wildman–Crippen LogP) is 6.03. The Morgan fingerprint density at radius 2 is 1.67 bits per heavy atom. The van der Waals surface area contributed by atoms with Crippen molar-refractivity contribution < 1.29 is 9.90 Å². The Morgan fingerprint density at radius 3 is 2.22 bits per heavy atom. The lowest BCUT2D eigenvalue weighted by Gasteiger charge is -2.26. The Morgan fingerprint density at radius 1 is 1.07 bits per heavy atom. The molecule has 1 aromatic rings. The first-order valence-corrected chi connectivity index (χ1v) is 11.1. The highest BCUT2D eigenvalue weighted by Gasteiger charge is 2.23. The summed E-state index contributed by atoms with van der Waals surface area (Å²) in [7, 11) is 0. The summed E-state index contributed by atoms with van der Waals surface area (Å²) in [5.41, 5.74) is 4.20. The van der Waals surface area contributed by atoms with E-state index in [1.807, 2.05) is 11.8 Å². The molecule has 0 atom stereocenters. The first-order valence-electron chi connectivity index (χ1n) is 11.1. The quantitative estimate of drug-likeness (QED) is 0.574. The lowest BCUT2D eigenvalue weighted by molar-refractivity contribution is -0.130. The van der Waals surface area contributed by atoms with E-state index >= 15 is 0 Å². The van der Waals surface area contributed by atoms with E-state index in [1.165, 1.54) is 32.1 Å². The van der Waals surface area contributed by atoms with E-state index in [0.29, 0.717) is 18.1 Å². The number of aromatic hydroxyl groups is 1. The number of carbonyl (C=O) groups is 1. The summed E-state index contributed by atoms with van der Waals surface area (Å²) in [6, 6.07) is 2.16. The summed E-state index contributed by atoms with van der Waals surface area (Å²) in [5, 5.41) is 10.9. The van der Waals surface area contributed by atoms with Crippen LogP contribution in [0.2, 0.25) is 0 Å². The minimum absolute atomic E-state index is 0.202. The molecule has 1 saturated carbocycles. The van der Waals surface area contributed by atoms with Crippen molar-refractivity contribution in [2.24, 2.45) is 0 Å². The molecule has 1 amide bonds. The van der Waals surface area contributed by atoms with Crippen LogP contribution in [-0.4, -0.2) is 29.0 Å². The molecule has 0 radical (unpaired) electrons. The molecule has 0 aliphatic heterocycles. The van der Waals surface area contributed by atoms with Gasteiger partial charge in [-0.3, -0.25) is 4.79 Å². The summed E-state index contributed by atoms with van der Waals surface area (Å²) in [5.74, 6) is 1.11. The number of hydrogen-bond acceptors (Lipinski definition) is 2. The molecule has 3 heteroatoms. The Bertz CT molecular complexity index is 609. The van der Waals surface area contributed by atoms with Gasteiger partial charge in [-0.2, -0.15) is 0 Å². The average Bonchev–Trinajstić information content (AvgIpc) is 2.68. The summed E-state index contributed by atoms with van der Waals surface area (Å²) in [4.78, 5) is 15.0. The van der Waals surface area contributed by atoms with Crippen LogP contribution >= 0.6 is 0 Å². The van der Waals surface area contributed by atoms with Crippen LogP contribution in [-0.2, 0) is 11.2 Å². The Labute approximate surface area is 166 Å². The first-order chi connectivity index (χ1) is 13.0. The molecule has 0 heterocycles. The standard InChI is InChI=1S/C24H39NO2/c1-5-7-14-25(15-8-6-2)23(26)17-21-18(3)16-22(24(27)19(21)4)20-12-10-9-11-13-20/h16,20,27H,5-15,17H2,1-4H3. The van der Waals surface area contributed by atoms with Gasteiger partial charge in [0.15, 0.2) is 0 Å². The van der Waals surface area contributed by atoms with Crippen molar-refractivity contribution in [3.05, 3.63) is 28.3 Å². The number of amides is 1. The number of aryl methyl sites for hydroxylation is 1. The number of phenols is 1. The fraction of sp³-hybridized carbons (Fsp3) is 0.708. The van der Waals surface area contributed by atoms with Crippen LogP contribution in [0.1, 0.15) is 99.8 Å². The fourth-order valence-corrected chi connectivity index (χ4v) is 4.36. The zero-order valence-corrected chi connectivity index (χ0v) is 17.9. The monoisotopic (exact) mass is 373 g/mol. The van der Waals surface area contributed by atoms with Gasteiger partial charge in [-0.1, -0.05) is 52.0 Å². The third-order valence-corrected chi connectivity index (χ3v) is 6.22. The number of hydrogen-bond donors (Lipinski definition) is 1. The van der Waals surface area contributed by atoms with E-state index in [-0.39, 0.29) is 5.91 Å². The van der Waals surface area contributed by atoms with Crippen molar-refractivity contribution in [3.8, 4) is 5.75 Å². The molecule has 0 aromatic heterocycles. The van der Waals surface area contributed by atoms with E-state index in [2.05, 4.69) is 26.8 Å². The van der Waals surface area contributed by atoms with Crippen LogP contribution in [0.4, 0.5) is 0 Å². The van der Waals surface area contributed by atoms with Crippen molar-refractivity contribution >= 4 is 5.91 Å². The van der Waals surface area contributed by atoms with E-state index in [4.69, 9.17) is 0 Å². The Balaban J connectivity index is 2.19. The smallest absolute Gasteiger partial charge is 0.227 e. The molecule has 0 spiro atoms. The van der Waals surface area contributed by atoms with Crippen LogP contribution < -0.4 is 0 Å². The largest absolute Gasteiger partial charge is 0.507 e. The number of nitrogens with zero attached hydrogens (tertiary/aromatic N) is 1. The van der Waals surface area contributed by atoms with Gasteiger partial charge in [0.25, 0.3) is 0 Å². The van der Waals surface area contributed by atoms with Gasteiger partial charge in [-0.15, -0.1) is 0 Å². The lowest BCUT2D eigenvalue weighted by Crippen LogP contribution is -2.34. The minimum atomic E-state index is 0.202. The summed E-state index contributed by atoms with van der Waals surface area (Å²) >= 11 is 0. The molecule has 27 heavy (non-hydrogen) atoms. The molecular formula is C24H39NO2. The zero-order chi connectivity index (χ0) is 19.8. The topological polar surface area (TPSA) is 40.5 Å². The summed E-state index contributed by atoms with van der Waals surface area (Å²) < 4.78 is 0. The molecule has 1 fully saturated rings. The highest BCUT2D eigenvalue weighted by Crippen LogP contribution is 2.40. The highest BCUT2D eigenvalue weighted by atomic mass is 16.3. The Hall–Kier alpha value is -1.51. The van der Waals surface area contributed by atoms with Gasteiger partial charge in [0.05, 0.1) is 6.42 Å². The molecule has 152 valence electrons. The highest BCUT2D eigenvalue weighted by molar-refractivity contribution is 5.80. The summed E-state index contributed by atoms with van der Waals surface area (Å²) in [6.07, 6.45) is 10.9. The second kappa shape index (κ2) is 10.7. The van der Waals surface area contributed by atoms with Gasteiger partial charge < -0.3 is 10.0 Å². The van der Waals surface area contributed by atoms with E-state index in [9.17, 15) is 9.90 Å². The van der Waals surface area contributed by atoms with Crippen LogP contribution in [0, 0.1) is 13.8 Å². The van der Waals surface area contributed by atoms with E-state index in [0.717, 1.165) is 61.0 Å². The third-order valence-electron chi connectivity index (χ3n) is 6.22. The second-order valence-electron chi connectivity index (χ2n) is 8.33. The van der Waals surface area contributed by atoms with E-state index < -0.39 is 0 Å². The van der Waals surface area contributed by atoms with Crippen molar-refractivity contribution in [2.45, 2.75) is 97.8 Å². The van der Waals surface area contributed by atoms with Crippen molar-refractivity contribution in [3.63, 3.8) is 0 Å². The maximum Gasteiger partial charge on any atom is 0.227 e. The molecule has 2 rings (SSSR count). The average molecular weight is 374 g/mol. The van der Waals surface area contributed by atoms with Gasteiger partial charge in [-0.25, -0.2) is 0 Å². The van der Waals surface area contributed by atoms with Crippen molar-refractivity contribution in [1.29, 1.82) is 0 Å². The molecular weight excluding hydrogens is 334 g/mol. The number of unbranched alkanes of at least 4 members (excludes halogenated alkanes) is 2. The maximum atomic E-state index is 13.0. The van der Waals surface area contributed by atoms with Gasteiger partial charge in [-0.05, 0) is 67.7 Å². The molecule has 0 bridgehead atoms. The number of rotatable bonds is 9. The number of benzene rings is 1. The van der Waals surface area contributed by atoms with Crippen LogP contribution in [0.3, 0.4) is 0 Å². The molecule has 0 saturated heterocycles. The predicted molar refractivity (Wildman–Crippen MR) is 114 cm³/mol. The minimum Gasteiger partial charge on any atom is -0.507 e. The van der Waals surface area contributed by atoms with E-state index in [1.54, 1.807) is 0 Å². The van der Waals surface area contributed by atoms with Crippen LogP contribution in [0.5, 0.6) is 5.75 Å². The first kappa shape index (κ1) is 21.8. The summed E-state index contributed by atoms with van der Waals surface area (Å²) in [6.45, 7) is 10.1. The second-order valence-corrected chi connectivity index (χ2v) is 8.33. The number of carbonyl (C=O) groups excluding carboxylic acids is 1. The van der Waals surface area contributed by atoms with Crippen LogP contribution in [0.15, 0.2) is 6.07 Å². The van der Waals surface area contributed by atoms with Gasteiger partial charge >= 0.3 is 0 Å². The molecule has 1 aliphatic rings. The number of phenolic OH excluding ortho intramolecular Hbond substituents is 1. The molecule has 1 aromatic carbocycles. The zero-order valence-electron chi connectivity index (χ0n) is 17.9. The SMILES string of the molecule is CCCCN(CCCC)C(=O)Cc1c(C)cc(C2CCCCC2)c(O)c1C. The van der Waals surface area contributed by atoms with Crippen molar-refractivity contribution in [2.75, 3.05) is 13.1 Å². The normalized spacial score (nSPS) is 15.1. The van der Waals surface area contributed by atoms with Crippen LogP contribution in [0.25, 0.3) is 0 Å². The Kier molecular flexibility index (Phi) is 8.66. The van der Waals surface area contributed by atoms with Gasteiger partial charge in [0.2, 0.25) is 5.91 Å².